The van der Waals surface area contributed by atoms with Gasteiger partial charge >= 0.3 is 11.8 Å². The first-order chi connectivity index (χ1) is 13.2. The number of hydrogen-bond acceptors (Lipinski definition) is 5. The number of piperidine rings is 2. The van der Waals surface area contributed by atoms with Gasteiger partial charge in [-0.05, 0) is 43.5 Å². The average molecular weight is 373 g/mol. The van der Waals surface area contributed by atoms with Crippen molar-refractivity contribution >= 4 is 23.2 Å². The van der Waals surface area contributed by atoms with Crippen molar-refractivity contribution in [3.8, 4) is 0 Å². The van der Waals surface area contributed by atoms with Crippen LogP contribution in [0.2, 0.25) is 0 Å². The normalized spacial score (nSPS) is 22.1. The molecule has 1 spiro atoms. The van der Waals surface area contributed by atoms with Gasteiger partial charge in [-0.25, -0.2) is 0 Å². The van der Waals surface area contributed by atoms with Crippen molar-refractivity contribution in [3.05, 3.63) is 24.3 Å². The van der Waals surface area contributed by atoms with Crippen LogP contribution in [-0.2, 0) is 19.1 Å². The number of nitrogens with zero attached hydrogens (tertiary/aromatic N) is 2. The summed E-state index contributed by atoms with van der Waals surface area (Å²) in [7, 11) is 0. The molecular formula is C20H27N3O4. The van der Waals surface area contributed by atoms with Crippen molar-refractivity contribution in [2.75, 3.05) is 49.6 Å². The monoisotopic (exact) mass is 373 g/mol. The molecule has 0 saturated carbocycles. The molecule has 3 saturated heterocycles. The second-order valence-corrected chi connectivity index (χ2v) is 7.45. The Hall–Kier alpha value is -2.12. The van der Waals surface area contributed by atoms with Crippen LogP contribution in [0, 0.1) is 0 Å². The molecule has 1 N–H and O–H groups in total. The summed E-state index contributed by atoms with van der Waals surface area (Å²) in [6.45, 7) is 4.30. The molecule has 3 heterocycles. The highest BCUT2D eigenvalue weighted by Crippen LogP contribution is 2.31. The lowest BCUT2D eigenvalue weighted by molar-refractivity contribution is -0.187. The summed E-state index contributed by atoms with van der Waals surface area (Å²) >= 11 is 0. The number of anilines is 2. The van der Waals surface area contributed by atoms with Gasteiger partial charge in [0, 0.05) is 50.4 Å². The van der Waals surface area contributed by atoms with Crippen LogP contribution in [-0.4, -0.2) is 61.9 Å². The lowest BCUT2D eigenvalue weighted by Crippen LogP contribution is -2.50. The number of likely N-dealkylation sites (tertiary alicyclic amines) is 1. The summed E-state index contributed by atoms with van der Waals surface area (Å²) in [4.78, 5) is 28.7. The van der Waals surface area contributed by atoms with Crippen LogP contribution in [0.1, 0.15) is 32.1 Å². The zero-order chi connectivity index (χ0) is 18.7. The molecule has 1 aromatic rings. The maximum atomic E-state index is 12.4. The van der Waals surface area contributed by atoms with Crippen molar-refractivity contribution in [1.82, 2.24) is 4.90 Å². The zero-order valence-electron chi connectivity index (χ0n) is 15.6. The van der Waals surface area contributed by atoms with Gasteiger partial charge in [0.05, 0.1) is 13.2 Å². The van der Waals surface area contributed by atoms with Gasteiger partial charge in [0.1, 0.15) is 0 Å². The van der Waals surface area contributed by atoms with E-state index in [2.05, 4.69) is 10.2 Å². The second-order valence-electron chi connectivity index (χ2n) is 7.45. The van der Waals surface area contributed by atoms with Crippen LogP contribution in [0.4, 0.5) is 11.4 Å². The van der Waals surface area contributed by atoms with Gasteiger partial charge in [-0.2, -0.15) is 0 Å². The van der Waals surface area contributed by atoms with Gasteiger partial charge < -0.3 is 24.6 Å². The fraction of sp³-hybridized carbons (Fsp3) is 0.600. The molecule has 3 aliphatic rings. The Balaban J connectivity index is 1.30. The lowest BCUT2D eigenvalue weighted by Gasteiger charge is -2.37. The number of nitrogens with one attached hydrogen (secondary N) is 1. The van der Waals surface area contributed by atoms with Gasteiger partial charge in [0.25, 0.3) is 0 Å². The fourth-order valence-corrected chi connectivity index (χ4v) is 4.07. The van der Waals surface area contributed by atoms with Crippen molar-refractivity contribution in [1.29, 1.82) is 0 Å². The van der Waals surface area contributed by atoms with E-state index in [0.29, 0.717) is 44.8 Å². The predicted molar refractivity (Wildman–Crippen MR) is 102 cm³/mol. The summed E-state index contributed by atoms with van der Waals surface area (Å²) in [6, 6.07) is 7.73. The lowest BCUT2D eigenvalue weighted by atomic mass is 10.0. The van der Waals surface area contributed by atoms with Gasteiger partial charge in [0.2, 0.25) is 0 Å². The standard InChI is InChI=1S/C20H27N3O4/c24-18(19(25)23-12-8-20(9-13-23)26-14-15-27-20)21-16-4-6-17(7-5-16)22-10-2-1-3-11-22/h4-7H,1-3,8-15H2,(H,21,24). The van der Waals surface area contributed by atoms with Gasteiger partial charge in [-0.3, -0.25) is 9.59 Å². The van der Waals surface area contributed by atoms with E-state index >= 15 is 0 Å². The van der Waals surface area contributed by atoms with Crippen LogP contribution < -0.4 is 10.2 Å². The van der Waals surface area contributed by atoms with E-state index in [9.17, 15) is 9.59 Å². The van der Waals surface area contributed by atoms with Gasteiger partial charge in [-0.15, -0.1) is 0 Å². The van der Waals surface area contributed by atoms with E-state index in [4.69, 9.17) is 9.47 Å². The highest BCUT2D eigenvalue weighted by atomic mass is 16.7. The quantitative estimate of drug-likeness (QED) is 0.803. The smallest absolute Gasteiger partial charge is 0.313 e. The number of benzene rings is 1. The Labute approximate surface area is 159 Å². The predicted octanol–water partition coefficient (Wildman–Crippen LogP) is 1.98. The molecule has 0 aromatic heterocycles. The molecule has 3 fully saturated rings. The fourth-order valence-electron chi connectivity index (χ4n) is 4.07. The van der Waals surface area contributed by atoms with Crippen LogP contribution >= 0.6 is 0 Å². The minimum Gasteiger partial charge on any atom is -0.372 e. The Kier molecular flexibility index (Phi) is 5.31. The van der Waals surface area contributed by atoms with Crippen molar-refractivity contribution in [2.45, 2.75) is 37.9 Å². The number of hydrogen-bond donors (Lipinski definition) is 1. The number of amides is 2. The Morgan fingerprint density at radius 1 is 0.889 bits per heavy atom. The van der Waals surface area contributed by atoms with E-state index < -0.39 is 17.6 Å². The van der Waals surface area contributed by atoms with Gasteiger partial charge in [-0.1, -0.05) is 0 Å². The Morgan fingerprint density at radius 3 is 2.15 bits per heavy atom. The topological polar surface area (TPSA) is 71.1 Å². The van der Waals surface area contributed by atoms with E-state index in [0.717, 1.165) is 18.8 Å². The molecular weight excluding hydrogens is 346 g/mol. The van der Waals surface area contributed by atoms with Crippen molar-refractivity contribution in [2.24, 2.45) is 0 Å². The van der Waals surface area contributed by atoms with Crippen molar-refractivity contribution < 1.29 is 19.1 Å². The van der Waals surface area contributed by atoms with E-state index in [1.54, 1.807) is 4.90 Å². The molecule has 2 amide bonds. The maximum absolute atomic E-state index is 12.4. The third-order valence-electron chi connectivity index (χ3n) is 5.67. The van der Waals surface area contributed by atoms with E-state index in [1.807, 2.05) is 24.3 Å². The minimum absolute atomic E-state index is 0.472. The third kappa shape index (κ3) is 4.09. The van der Waals surface area contributed by atoms with Crippen LogP contribution in [0.15, 0.2) is 24.3 Å². The highest BCUT2D eigenvalue weighted by molar-refractivity contribution is 6.39. The second kappa shape index (κ2) is 7.86. The first-order valence-corrected chi connectivity index (χ1v) is 9.88. The number of carbonyl (C=O) groups is 2. The van der Waals surface area contributed by atoms with Crippen LogP contribution in [0.5, 0.6) is 0 Å². The van der Waals surface area contributed by atoms with Crippen LogP contribution in [0.3, 0.4) is 0 Å². The summed E-state index contributed by atoms with van der Waals surface area (Å²) < 4.78 is 11.3. The summed E-state index contributed by atoms with van der Waals surface area (Å²) in [6.07, 6.45) is 4.95. The molecule has 0 unspecified atom stereocenters. The first kappa shape index (κ1) is 18.3. The summed E-state index contributed by atoms with van der Waals surface area (Å²) in [5, 5.41) is 2.72. The van der Waals surface area contributed by atoms with E-state index in [-0.39, 0.29) is 0 Å². The van der Waals surface area contributed by atoms with Crippen LogP contribution in [0.25, 0.3) is 0 Å². The summed E-state index contributed by atoms with van der Waals surface area (Å²) in [5.74, 6) is -1.63. The SMILES string of the molecule is O=C(Nc1ccc(N2CCCCC2)cc1)C(=O)N1CCC2(CC1)OCCO2. The molecule has 3 aliphatic heterocycles. The Morgan fingerprint density at radius 2 is 1.52 bits per heavy atom. The molecule has 0 bridgehead atoms. The Bertz CT molecular complexity index is 669. The first-order valence-electron chi connectivity index (χ1n) is 9.88. The molecule has 7 heteroatoms. The molecule has 0 radical (unpaired) electrons. The average Bonchev–Trinajstić information content (AvgIpc) is 3.17. The number of rotatable bonds is 2. The molecule has 0 aliphatic carbocycles. The van der Waals surface area contributed by atoms with E-state index in [1.165, 1.54) is 19.3 Å². The molecule has 1 aromatic carbocycles. The highest BCUT2D eigenvalue weighted by Gasteiger charge is 2.41. The zero-order valence-corrected chi connectivity index (χ0v) is 15.6. The largest absolute Gasteiger partial charge is 0.372 e. The molecule has 27 heavy (non-hydrogen) atoms. The molecule has 146 valence electrons. The van der Waals surface area contributed by atoms with Gasteiger partial charge in [0.15, 0.2) is 5.79 Å². The summed E-state index contributed by atoms with van der Waals surface area (Å²) in [5.41, 5.74) is 1.81. The van der Waals surface area contributed by atoms with Crippen molar-refractivity contribution in [3.63, 3.8) is 0 Å². The third-order valence-corrected chi connectivity index (χ3v) is 5.67. The number of ether oxygens (including phenoxy) is 2. The molecule has 0 atom stereocenters. The number of carbonyl (C=O) groups excluding carboxylic acids is 2. The maximum Gasteiger partial charge on any atom is 0.313 e. The molecule has 7 nitrogen and oxygen atoms in total. The molecule has 4 rings (SSSR count). The minimum atomic E-state index is -0.593.